The van der Waals surface area contributed by atoms with Crippen LogP contribution in [0.2, 0.25) is 0 Å². The van der Waals surface area contributed by atoms with Gasteiger partial charge in [-0.25, -0.2) is 0 Å². The summed E-state index contributed by atoms with van der Waals surface area (Å²) in [4.78, 5) is 11.2. The molecule has 0 radical (unpaired) electrons. The minimum absolute atomic E-state index is 0.661. The quantitative estimate of drug-likeness (QED) is 0.569. The molecular weight excluding hydrogens is 324 g/mol. The van der Waals surface area contributed by atoms with Gasteiger partial charge in [-0.3, -0.25) is 4.79 Å². The van der Waals surface area contributed by atoms with Crippen molar-refractivity contribution in [1.29, 1.82) is 0 Å². The summed E-state index contributed by atoms with van der Waals surface area (Å²) in [5.41, 5.74) is 5.07. The van der Waals surface area contributed by atoms with Crippen LogP contribution < -0.4 is 0 Å². The number of hydrogen-bond donors (Lipinski definition) is 0. The first-order valence-electron chi connectivity index (χ1n) is 6.69. The zero-order chi connectivity index (χ0) is 14.7. The van der Waals surface area contributed by atoms with Gasteiger partial charge in [0.25, 0.3) is 0 Å². The van der Waals surface area contributed by atoms with E-state index in [2.05, 4.69) is 40.2 Å². The van der Waals surface area contributed by atoms with Gasteiger partial charge >= 0.3 is 0 Å². The number of aldehydes is 1. The molecule has 1 nitrogen and oxygen atoms in total. The highest BCUT2D eigenvalue weighted by Gasteiger charge is 2.11. The zero-order valence-corrected chi connectivity index (χ0v) is 12.9. The minimum Gasteiger partial charge on any atom is -0.298 e. The first kappa shape index (κ1) is 13.8. The summed E-state index contributed by atoms with van der Waals surface area (Å²) in [5.74, 6) is 0. The van der Waals surface area contributed by atoms with Crippen LogP contribution in [-0.2, 0) is 0 Å². The molecule has 0 saturated carbocycles. The smallest absolute Gasteiger partial charge is 0.151 e. The van der Waals surface area contributed by atoms with Gasteiger partial charge in [-0.2, -0.15) is 0 Å². The molecule has 102 valence electrons. The molecule has 0 aliphatic carbocycles. The monoisotopic (exact) mass is 336 g/mol. The Morgan fingerprint density at radius 1 is 0.714 bits per heavy atom. The van der Waals surface area contributed by atoms with Crippen LogP contribution in [0.25, 0.3) is 22.3 Å². The van der Waals surface area contributed by atoms with Crippen molar-refractivity contribution in [2.24, 2.45) is 0 Å². The molecule has 0 aliphatic rings. The van der Waals surface area contributed by atoms with Gasteiger partial charge in [0.2, 0.25) is 0 Å². The van der Waals surface area contributed by atoms with Crippen LogP contribution >= 0.6 is 15.9 Å². The van der Waals surface area contributed by atoms with E-state index in [4.69, 9.17) is 0 Å². The highest BCUT2D eigenvalue weighted by Crippen LogP contribution is 2.35. The van der Waals surface area contributed by atoms with Crippen LogP contribution in [0.3, 0.4) is 0 Å². The maximum atomic E-state index is 11.2. The normalized spacial score (nSPS) is 10.3. The van der Waals surface area contributed by atoms with E-state index >= 15 is 0 Å². The van der Waals surface area contributed by atoms with Crippen molar-refractivity contribution < 1.29 is 4.79 Å². The third-order valence-electron chi connectivity index (χ3n) is 3.43. The molecule has 0 N–H and O–H groups in total. The Hall–Kier alpha value is -2.19. The Morgan fingerprint density at radius 3 is 1.67 bits per heavy atom. The Balaban J connectivity index is 2.28. The van der Waals surface area contributed by atoms with Gasteiger partial charge in [-0.15, -0.1) is 0 Å². The summed E-state index contributed by atoms with van der Waals surface area (Å²) < 4.78 is 0.816. The second kappa shape index (κ2) is 6.06. The molecule has 0 bridgehead atoms. The van der Waals surface area contributed by atoms with Crippen molar-refractivity contribution >= 4 is 22.2 Å². The molecule has 0 fully saturated rings. The number of benzene rings is 3. The predicted octanol–water partition coefficient (Wildman–Crippen LogP) is 5.60. The molecule has 3 rings (SSSR count). The standard InChI is InChI=1S/C19H13BrO/c20-19-12-18(15-9-5-2-6-10-15)17(11-16(19)13-21)14-7-3-1-4-8-14/h1-13H. The lowest BCUT2D eigenvalue weighted by molar-refractivity contribution is 0.112. The molecular formula is C19H13BrO. The van der Waals surface area contributed by atoms with Crippen molar-refractivity contribution in [2.45, 2.75) is 0 Å². The van der Waals surface area contributed by atoms with Crippen molar-refractivity contribution in [3.8, 4) is 22.3 Å². The molecule has 0 aliphatic heterocycles. The average Bonchev–Trinajstić information content (AvgIpc) is 2.56. The lowest BCUT2D eigenvalue weighted by atomic mass is 9.93. The molecule has 0 unspecified atom stereocenters. The van der Waals surface area contributed by atoms with Crippen LogP contribution in [0.15, 0.2) is 77.3 Å². The van der Waals surface area contributed by atoms with Crippen molar-refractivity contribution in [3.05, 3.63) is 82.8 Å². The highest BCUT2D eigenvalue weighted by molar-refractivity contribution is 9.10. The molecule has 0 atom stereocenters. The number of rotatable bonds is 3. The molecule has 21 heavy (non-hydrogen) atoms. The van der Waals surface area contributed by atoms with Crippen LogP contribution in [0.5, 0.6) is 0 Å². The summed E-state index contributed by atoms with van der Waals surface area (Å²) in [6.45, 7) is 0. The average molecular weight is 337 g/mol. The summed E-state index contributed by atoms with van der Waals surface area (Å²) >= 11 is 3.48. The van der Waals surface area contributed by atoms with E-state index in [1.165, 1.54) is 0 Å². The fourth-order valence-electron chi connectivity index (χ4n) is 2.39. The Bertz CT molecular complexity index is 764. The molecule has 3 aromatic rings. The van der Waals surface area contributed by atoms with E-state index in [1.54, 1.807) is 0 Å². The second-order valence-electron chi connectivity index (χ2n) is 4.77. The summed E-state index contributed by atoms with van der Waals surface area (Å²) in [6.07, 6.45) is 0.880. The van der Waals surface area contributed by atoms with E-state index in [0.29, 0.717) is 5.56 Å². The molecule has 0 saturated heterocycles. The zero-order valence-electron chi connectivity index (χ0n) is 11.3. The van der Waals surface area contributed by atoms with E-state index in [-0.39, 0.29) is 0 Å². The summed E-state index contributed by atoms with van der Waals surface area (Å²) in [5, 5.41) is 0. The third kappa shape index (κ3) is 2.81. The maximum absolute atomic E-state index is 11.2. The fourth-order valence-corrected chi connectivity index (χ4v) is 2.83. The summed E-state index contributed by atoms with van der Waals surface area (Å²) in [6, 6.07) is 24.3. The molecule has 0 spiro atoms. The van der Waals surface area contributed by atoms with Crippen molar-refractivity contribution in [2.75, 3.05) is 0 Å². The fraction of sp³-hybridized carbons (Fsp3) is 0. The van der Waals surface area contributed by atoms with E-state index in [0.717, 1.165) is 33.0 Å². The Kier molecular flexibility index (Phi) is 3.98. The summed E-state index contributed by atoms with van der Waals surface area (Å²) in [7, 11) is 0. The van der Waals surface area contributed by atoms with Gasteiger partial charge in [0.1, 0.15) is 0 Å². The van der Waals surface area contributed by atoms with E-state index in [1.807, 2.05) is 48.5 Å². The van der Waals surface area contributed by atoms with Gasteiger partial charge < -0.3 is 0 Å². The number of carbonyl (C=O) groups excluding carboxylic acids is 1. The molecule has 3 aromatic carbocycles. The third-order valence-corrected chi connectivity index (χ3v) is 4.12. The molecule has 0 amide bonds. The molecule has 2 heteroatoms. The molecule has 0 aromatic heterocycles. The minimum atomic E-state index is 0.661. The lowest BCUT2D eigenvalue weighted by Gasteiger charge is -2.12. The van der Waals surface area contributed by atoms with Gasteiger partial charge in [0, 0.05) is 10.0 Å². The largest absolute Gasteiger partial charge is 0.298 e. The van der Waals surface area contributed by atoms with E-state index in [9.17, 15) is 4.79 Å². The topological polar surface area (TPSA) is 17.1 Å². The SMILES string of the molecule is O=Cc1cc(-c2ccccc2)c(-c2ccccc2)cc1Br. The second-order valence-corrected chi connectivity index (χ2v) is 5.62. The predicted molar refractivity (Wildman–Crippen MR) is 90.4 cm³/mol. The highest BCUT2D eigenvalue weighted by atomic mass is 79.9. The van der Waals surface area contributed by atoms with Gasteiger partial charge in [0.05, 0.1) is 0 Å². The molecule has 0 heterocycles. The number of hydrogen-bond acceptors (Lipinski definition) is 1. The van der Waals surface area contributed by atoms with Crippen molar-refractivity contribution in [1.82, 2.24) is 0 Å². The van der Waals surface area contributed by atoms with Crippen LogP contribution in [0.4, 0.5) is 0 Å². The Labute approximate surface area is 132 Å². The van der Waals surface area contributed by atoms with Gasteiger partial charge in [-0.05, 0) is 34.4 Å². The number of carbonyl (C=O) groups is 1. The van der Waals surface area contributed by atoms with E-state index < -0.39 is 0 Å². The van der Waals surface area contributed by atoms with Crippen LogP contribution in [0, 0.1) is 0 Å². The van der Waals surface area contributed by atoms with Gasteiger partial charge in [-0.1, -0.05) is 76.6 Å². The maximum Gasteiger partial charge on any atom is 0.151 e. The van der Waals surface area contributed by atoms with Crippen LogP contribution in [0.1, 0.15) is 10.4 Å². The lowest BCUT2D eigenvalue weighted by Crippen LogP contribution is -1.90. The number of halogens is 1. The first-order valence-corrected chi connectivity index (χ1v) is 7.48. The first-order chi connectivity index (χ1) is 10.3. The van der Waals surface area contributed by atoms with Crippen molar-refractivity contribution in [3.63, 3.8) is 0 Å². The van der Waals surface area contributed by atoms with Crippen LogP contribution in [-0.4, -0.2) is 6.29 Å². The van der Waals surface area contributed by atoms with Gasteiger partial charge in [0.15, 0.2) is 6.29 Å². The Morgan fingerprint density at radius 2 is 1.19 bits per heavy atom.